The fourth-order valence-electron chi connectivity index (χ4n) is 7.86. The lowest BCUT2D eigenvalue weighted by Crippen LogP contribution is -2.50. The molecule has 1 saturated heterocycles. The SMILES string of the molecule is CC(=C/CC/C(C)=C/C=C/C=C(C)/C=C/C=C(\C)C=CC1C(C)(C)C[C@H](O)C[C@@]1(C)O)/C=C/[C@@]12O[C@]1(C)C[C@@H](O)CC2(C)C. The van der Waals surface area contributed by atoms with Gasteiger partial charge in [-0.2, -0.15) is 0 Å². The van der Waals surface area contributed by atoms with E-state index in [0.29, 0.717) is 19.3 Å². The first kappa shape index (κ1) is 36.2. The van der Waals surface area contributed by atoms with Gasteiger partial charge in [0.2, 0.25) is 0 Å². The smallest absolute Gasteiger partial charge is 0.121 e. The Labute approximate surface area is 268 Å². The van der Waals surface area contributed by atoms with Crippen LogP contribution < -0.4 is 0 Å². The highest BCUT2D eigenvalue weighted by Gasteiger charge is 2.74. The molecule has 0 aromatic carbocycles. The van der Waals surface area contributed by atoms with Gasteiger partial charge in [0, 0.05) is 24.2 Å². The van der Waals surface area contributed by atoms with Crippen LogP contribution in [-0.4, -0.2) is 44.3 Å². The van der Waals surface area contributed by atoms with Crippen LogP contribution in [0.25, 0.3) is 0 Å². The lowest BCUT2D eigenvalue weighted by molar-refractivity contribution is -0.111. The summed E-state index contributed by atoms with van der Waals surface area (Å²) in [6.07, 6.45) is 29.5. The van der Waals surface area contributed by atoms with Crippen molar-refractivity contribution in [2.75, 3.05) is 0 Å². The standard InChI is InChI=1S/C40H60O4/c1-29(17-13-19-31(3)21-22-35-36(5,6)25-33(41)27-38(35,9)43)15-11-12-16-30(2)18-14-20-32(4)23-24-40-37(7,8)26-34(42)28-39(40,10)44-40/h11-13,15-17,19-24,33-35,41-43H,14,18,25-28H2,1-10H3/b12-11+,17-13+,22-21?,24-23+,29-15+,30-16+,31-19+,32-20-/t33-,34-,35?,38+,39+,40-/m0/s1. The van der Waals surface area contributed by atoms with Gasteiger partial charge in [0.25, 0.3) is 0 Å². The highest BCUT2D eigenvalue weighted by Crippen LogP contribution is 2.66. The number of rotatable bonds is 11. The summed E-state index contributed by atoms with van der Waals surface area (Å²) in [5, 5.41) is 31.3. The van der Waals surface area contributed by atoms with Crippen LogP contribution in [0, 0.1) is 16.7 Å². The van der Waals surface area contributed by atoms with Gasteiger partial charge in [-0.05, 0) is 78.7 Å². The van der Waals surface area contributed by atoms with Crippen molar-refractivity contribution in [1.82, 2.24) is 0 Å². The summed E-state index contributed by atoms with van der Waals surface area (Å²) < 4.78 is 6.26. The molecular formula is C40H60O4. The fraction of sp³-hybridized carbons (Fsp3) is 0.600. The maximum absolute atomic E-state index is 10.9. The monoisotopic (exact) mass is 604 g/mol. The summed E-state index contributed by atoms with van der Waals surface area (Å²) in [5.74, 6) is -0.00888. The summed E-state index contributed by atoms with van der Waals surface area (Å²) in [6, 6.07) is 0. The van der Waals surface area contributed by atoms with Gasteiger partial charge in [-0.25, -0.2) is 0 Å². The Morgan fingerprint density at radius 2 is 1.34 bits per heavy atom. The average molecular weight is 605 g/mol. The van der Waals surface area contributed by atoms with E-state index in [1.165, 1.54) is 16.7 Å². The predicted octanol–water partition coefficient (Wildman–Crippen LogP) is 9.03. The maximum Gasteiger partial charge on any atom is 0.121 e. The van der Waals surface area contributed by atoms with Crippen molar-refractivity contribution < 1.29 is 20.1 Å². The summed E-state index contributed by atoms with van der Waals surface area (Å²) in [5.41, 5.74) is 3.20. The third-order valence-corrected chi connectivity index (χ3v) is 10.1. The topological polar surface area (TPSA) is 73.2 Å². The molecule has 44 heavy (non-hydrogen) atoms. The van der Waals surface area contributed by atoms with E-state index < -0.39 is 11.7 Å². The van der Waals surface area contributed by atoms with Crippen molar-refractivity contribution in [3.63, 3.8) is 0 Å². The number of aliphatic hydroxyl groups excluding tert-OH is 2. The lowest BCUT2D eigenvalue weighted by atomic mass is 9.61. The molecule has 1 aliphatic heterocycles. The Hall–Kier alpha value is -2.24. The first-order valence-corrected chi connectivity index (χ1v) is 16.5. The predicted molar refractivity (Wildman–Crippen MR) is 185 cm³/mol. The number of fused-ring (bicyclic) bond motifs is 1. The zero-order valence-corrected chi connectivity index (χ0v) is 29.2. The largest absolute Gasteiger partial charge is 0.393 e. The Kier molecular flexibility index (Phi) is 11.6. The zero-order chi connectivity index (χ0) is 33.0. The molecule has 0 aromatic heterocycles. The van der Waals surface area contributed by atoms with Gasteiger partial charge in [-0.15, -0.1) is 0 Å². The Balaban J connectivity index is 1.46. The first-order chi connectivity index (χ1) is 20.3. The minimum Gasteiger partial charge on any atom is -0.393 e. The van der Waals surface area contributed by atoms with E-state index in [1.54, 1.807) is 0 Å². The Bertz CT molecular complexity index is 1250. The fourth-order valence-corrected chi connectivity index (χ4v) is 7.86. The minimum atomic E-state index is -0.910. The number of hydrogen-bond acceptors (Lipinski definition) is 4. The van der Waals surface area contributed by atoms with E-state index in [0.717, 1.165) is 24.8 Å². The molecule has 1 heterocycles. The minimum absolute atomic E-state index is 0.00888. The molecule has 3 fully saturated rings. The third-order valence-electron chi connectivity index (χ3n) is 10.1. The first-order valence-electron chi connectivity index (χ1n) is 16.5. The van der Waals surface area contributed by atoms with E-state index in [2.05, 4.69) is 135 Å². The quantitative estimate of drug-likeness (QED) is 0.163. The summed E-state index contributed by atoms with van der Waals surface area (Å²) in [7, 11) is 0. The molecular weight excluding hydrogens is 544 g/mol. The van der Waals surface area contributed by atoms with Crippen molar-refractivity contribution in [3.05, 3.63) is 95.2 Å². The number of aliphatic hydroxyl groups is 3. The molecule has 0 radical (unpaired) electrons. The number of ether oxygens (including phenoxy) is 1. The molecule has 3 rings (SSSR count). The molecule has 3 aliphatic rings. The van der Waals surface area contributed by atoms with Crippen LogP contribution in [0.2, 0.25) is 0 Å². The summed E-state index contributed by atoms with van der Waals surface area (Å²) in [6.45, 7) is 21.1. The third kappa shape index (κ3) is 8.94. The van der Waals surface area contributed by atoms with Crippen molar-refractivity contribution >= 4 is 0 Å². The van der Waals surface area contributed by atoms with Gasteiger partial charge in [-0.3, -0.25) is 0 Å². The maximum atomic E-state index is 10.9. The van der Waals surface area contributed by atoms with Crippen LogP contribution in [0.1, 0.15) is 108 Å². The molecule has 4 heteroatoms. The molecule has 0 spiro atoms. The van der Waals surface area contributed by atoms with Crippen molar-refractivity contribution in [2.24, 2.45) is 16.7 Å². The van der Waals surface area contributed by atoms with Crippen molar-refractivity contribution in [1.29, 1.82) is 0 Å². The molecule has 3 N–H and O–H groups in total. The Morgan fingerprint density at radius 3 is 2.00 bits per heavy atom. The zero-order valence-electron chi connectivity index (χ0n) is 29.2. The highest BCUT2D eigenvalue weighted by atomic mass is 16.6. The number of epoxide rings is 1. The Morgan fingerprint density at radius 1 is 0.727 bits per heavy atom. The van der Waals surface area contributed by atoms with E-state index in [-0.39, 0.29) is 34.1 Å². The van der Waals surface area contributed by atoms with Crippen LogP contribution in [0.15, 0.2) is 95.2 Å². The molecule has 0 aromatic rings. The van der Waals surface area contributed by atoms with Gasteiger partial charge < -0.3 is 20.1 Å². The van der Waals surface area contributed by atoms with Gasteiger partial charge >= 0.3 is 0 Å². The van der Waals surface area contributed by atoms with Crippen LogP contribution in [0.5, 0.6) is 0 Å². The molecule has 6 atom stereocenters. The second kappa shape index (κ2) is 14.0. The molecule has 1 unspecified atom stereocenters. The average Bonchev–Trinajstić information content (AvgIpc) is 3.49. The second-order valence-electron chi connectivity index (χ2n) is 15.7. The lowest BCUT2D eigenvalue weighted by Gasteiger charge is -2.48. The van der Waals surface area contributed by atoms with Crippen molar-refractivity contribution in [3.8, 4) is 0 Å². The second-order valence-corrected chi connectivity index (χ2v) is 15.7. The highest BCUT2D eigenvalue weighted by molar-refractivity contribution is 5.35. The number of hydrogen-bond donors (Lipinski definition) is 3. The van der Waals surface area contributed by atoms with Crippen LogP contribution >= 0.6 is 0 Å². The van der Waals surface area contributed by atoms with E-state index in [4.69, 9.17) is 4.74 Å². The molecule has 0 amide bonds. The van der Waals surface area contributed by atoms with Crippen LogP contribution in [-0.2, 0) is 4.74 Å². The van der Waals surface area contributed by atoms with Gasteiger partial charge in [0.1, 0.15) is 11.2 Å². The molecule has 2 saturated carbocycles. The normalized spacial score (nSPS) is 36.6. The molecule has 0 bridgehead atoms. The van der Waals surface area contributed by atoms with E-state index in [1.807, 2.05) is 6.92 Å². The molecule has 244 valence electrons. The summed E-state index contributed by atoms with van der Waals surface area (Å²) in [4.78, 5) is 0. The van der Waals surface area contributed by atoms with E-state index >= 15 is 0 Å². The van der Waals surface area contributed by atoms with Crippen LogP contribution in [0.4, 0.5) is 0 Å². The van der Waals surface area contributed by atoms with Gasteiger partial charge in [0.15, 0.2) is 0 Å². The van der Waals surface area contributed by atoms with Gasteiger partial charge in [0.05, 0.1) is 17.8 Å². The summed E-state index contributed by atoms with van der Waals surface area (Å²) >= 11 is 0. The molecule has 2 aliphatic carbocycles. The van der Waals surface area contributed by atoms with E-state index in [9.17, 15) is 15.3 Å². The van der Waals surface area contributed by atoms with Crippen LogP contribution in [0.3, 0.4) is 0 Å². The molecule has 4 nitrogen and oxygen atoms in total. The van der Waals surface area contributed by atoms with Crippen molar-refractivity contribution in [2.45, 2.75) is 137 Å². The number of allylic oxidation sites excluding steroid dienone is 14. The van der Waals surface area contributed by atoms with Gasteiger partial charge in [-0.1, -0.05) is 117 Å².